The molecule has 1 aliphatic heterocycles. The average Bonchev–Trinajstić information content (AvgIpc) is 2.73. The molecule has 1 aromatic rings. The Kier molecular flexibility index (Phi) is 4.32. The van der Waals surface area contributed by atoms with Crippen LogP contribution in [0.1, 0.15) is 13.8 Å². The molecule has 8 heteroatoms. The number of aliphatic carboxylic acids is 1. The molecule has 2 amide bonds. The van der Waals surface area contributed by atoms with Gasteiger partial charge >= 0.3 is 17.9 Å². The summed E-state index contributed by atoms with van der Waals surface area (Å²) in [5.74, 6) is -0.240. The van der Waals surface area contributed by atoms with E-state index in [9.17, 15) is 14.7 Å². The molecule has 0 aliphatic carbocycles. The van der Waals surface area contributed by atoms with Gasteiger partial charge in [-0.05, 0) is 0 Å². The van der Waals surface area contributed by atoms with Gasteiger partial charge in [-0.2, -0.15) is 9.47 Å². The summed E-state index contributed by atoms with van der Waals surface area (Å²) in [6.07, 6.45) is 1.52. The number of carbonyl (C=O) groups excluding carboxylic acids is 1. The van der Waals surface area contributed by atoms with Crippen LogP contribution in [0.4, 0.5) is 10.7 Å². The van der Waals surface area contributed by atoms with Crippen molar-refractivity contribution in [2.45, 2.75) is 19.9 Å². The Morgan fingerprint density at radius 2 is 2.27 bits per heavy atom. The monoisotopic (exact) mass is 309 g/mol. The molecular weight excluding hydrogens is 288 g/mol. The van der Waals surface area contributed by atoms with Crippen molar-refractivity contribution in [3.63, 3.8) is 0 Å². The summed E-state index contributed by atoms with van der Waals surface area (Å²) < 4.78 is 4.89. The number of quaternary nitrogens is 1. The Morgan fingerprint density at radius 1 is 1.59 bits per heavy atom. The first-order valence-electron chi connectivity index (χ1n) is 7.06. The summed E-state index contributed by atoms with van der Waals surface area (Å²) in [6, 6.07) is 0.393. The first-order valence-corrected chi connectivity index (χ1v) is 7.06. The Morgan fingerprint density at radius 3 is 2.77 bits per heavy atom. The maximum Gasteiger partial charge on any atom is 0.427 e. The molecule has 0 bridgehead atoms. The number of hydrogen-bond acceptors (Lipinski definition) is 5. The predicted octanol–water partition coefficient (Wildman–Crippen LogP) is 0.967. The third kappa shape index (κ3) is 2.61. The minimum absolute atomic E-state index is 0.107. The van der Waals surface area contributed by atoms with Crippen LogP contribution in [0.5, 0.6) is 5.88 Å². The first kappa shape index (κ1) is 16.2. The second kappa shape index (κ2) is 5.88. The lowest BCUT2D eigenvalue weighted by Crippen LogP contribution is -2.55. The van der Waals surface area contributed by atoms with E-state index in [1.165, 1.54) is 25.3 Å². The molecule has 1 fully saturated rings. The minimum Gasteiger partial charge on any atom is -0.481 e. The van der Waals surface area contributed by atoms with E-state index in [0.29, 0.717) is 12.4 Å². The second-order valence-electron chi connectivity index (χ2n) is 5.87. The van der Waals surface area contributed by atoms with Gasteiger partial charge in [-0.25, -0.2) is 9.59 Å². The summed E-state index contributed by atoms with van der Waals surface area (Å²) >= 11 is 0. The number of methoxy groups -OCH3 is 1. The van der Waals surface area contributed by atoms with Gasteiger partial charge < -0.3 is 9.84 Å². The highest BCUT2D eigenvalue weighted by Gasteiger charge is 2.57. The molecular formula is C14H21N4O4+. The van der Waals surface area contributed by atoms with Gasteiger partial charge in [0.05, 0.1) is 13.7 Å². The van der Waals surface area contributed by atoms with Gasteiger partial charge in [0, 0.05) is 25.2 Å². The quantitative estimate of drug-likeness (QED) is 0.815. The summed E-state index contributed by atoms with van der Waals surface area (Å²) in [6.45, 7) is 4.49. The highest BCUT2D eigenvalue weighted by molar-refractivity contribution is 5.93. The van der Waals surface area contributed by atoms with E-state index >= 15 is 0 Å². The van der Waals surface area contributed by atoms with Crippen LogP contribution < -0.4 is 9.22 Å². The first-order chi connectivity index (χ1) is 10.3. The molecule has 1 aliphatic rings. The van der Waals surface area contributed by atoms with Gasteiger partial charge in [-0.15, -0.1) is 4.98 Å². The van der Waals surface area contributed by atoms with Gasteiger partial charge in [0.2, 0.25) is 5.88 Å². The van der Waals surface area contributed by atoms with Crippen LogP contribution in [0.25, 0.3) is 0 Å². The van der Waals surface area contributed by atoms with Gasteiger partial charge in [0.25, 0.3) is 0 Å². The molecule has 2 heterocycles. The molecule has 0 spiro atoms. The molecule has 1 N–H and O–H groups in total. The van der Waals surface area contributed by atoms with Crippen LogP contribution >= 0.6 is 0 Å². The van der Waals surface area contributed by atoms with Crippen LogP contribution in [0.2, 0.25) is 0 Å². The van der Waals surface area contributed by atoms with Crippen molar-refractivity contribution in [3.8, 4) is 5.88 Å². The van der Waals surface area contributed by atoms with Gasteiger partial charge in [0.15, 0.2) is 6.04 Å². The zero-order valence-electron chi connectivity index (χ0n) is 13.2. The van der Waals surface area contributed by atoms with Crippen molar-refractivity contribution in [1.29, 1.82) is 0 Å². The van der Waals surface area contributed by atoms with Crippen LogP contribution in [0, 0.1) is 5.92 Å². The fourth-order valence-electron chi connectivity index (χ4n) is 2.85. The molecule has 0 aromatic carbocycles. The van der Waals surface area contributed by atoms with Crippen molar-refractivity contribution < 1.29 is 19.4 Å². The number of nitrogens with zero attached hydrogens (tertiary/aromatic N) is 4. The topological polar surface area (TPSA) is 92.6 Å². The number of amides is 2. The normalized spacial score (nSPS) is 24.9. The highest BCUT2D eigenvalue weighted by Crippen LogP contribution is 2.31. The fourth-order valence-corrected chi connectivity index (χ4v) is 2.85. The number of carbonyl (C=O) groups is 2. The molecule has 0 saturated carbocycles. The van der Waals surface area contributed by atoms with Crippen molar-refractivity contribution >= 4 is 17.9 Å². The lowest BCUT2D eigenvalue weighted by Gasteiger charge is -2.29. The van der Waals surface area contributed by atoms with Crippen LogP contribution in [-0.2, 0) is 4.79 Å². The van der Waals surface area contributed by atoms with Crippen molar-refractivity contribution in [2.24, 2.45) is 5.92 Å². The van der Waals surface area contributed by atoms with Gasteiger partial charge in [-0.1, -0.05) is 13.8 Å². The van der Waals surface area contributed by atoms with Gasteiger partial charge in [-0.3, -0.25) is 4.90 Å². The van der Waals surface area contributed by atoms with Gasteiger partial charge in [0.1, 0.15) is 6.54 Å². The lowest BCUT2D eigenvalue weighted by atomic mass is 10.1. The van der Waals surface area contributed by atoms with E-state index < -0.39 is 12.0 Å². The number of likely N-dealkylation sites (N-methyl/N-ethyl adjacent to an activating group) is 1. The Bertz CT molecular complexity index is 592. The summed E-state index contributed by atoms with van der Waals surface area (Å²) in [5, 5.41) is 9.35. The Labute approximate surface area is 128 Å². The Balaban J connectivity index is 2.53. The molecule has 8 nitrogen and oxygen atoms in total. The van der Waals surface area contributed by atoms with Crippen molar-refractivity contribution in [1.82, 2.24) is 19.4 Å². The number of rotatable bonds is 5. The minimum atomic E-state index is -1.03. The number of urea groups is 1. The van der Waals surface area contributed by atoms with E-state index in [0.717, 1.165) is 0 Å². The zero-order valence-corrected chi connectivity index (χ0v) is 13.2. The number of aromatic nitrogens is 2. The molecule has 0 radical (unpaired) electrons. The molecule has 120 valence electrons. The van der Waals surface area contributed by atoms with E-state index in [4.69, 9.17) is 4.74 Å². The standard InChI is InChI=1S/C14H20N4O4/c1-9(2)7-18(13-15-6-5-11(16-13)22-4)8-10(12(19)20)17(3)14(18)21/h5-6,9-10H,7-8H2,1-4H3/p+1. The molecule has 2 unspecified atom stereocenters. The predicted molar refractivity (Wildman–Crippen MR) is 79.5 cm³/mol. The van der Waals surface area contributed by atoms with E-state index in [1.54, 1.807) is 6.07 Å². The van der Waals surface area contributed by atoms with Crippen LogP contribution in [0.3, 0.4) is 0 Å². The number of hydrogen-bond donors (Lipinski definition) is 1. The summed E-state index contributed by atoms with van der Waals surface area (Å²) in [5.41, 5.74) is 0. The molecule has 2 atom stereocenters. The SMILES string of the molecule is COc1ccnc([N+]2(CC(C)C)CC(C(=O)O)N(C)C2=O)n1. The number of carboxylic acid groups (broad SMARTS) is 1. The van der Waals surface area contributed by atoms with Crippen LogP contribution in [0.15, 0.2) is 12.3 Å². The fraction of sp³-hybridized carbons (Fsp3) is 0.571. The maximum absolute atomic E-state index is 12.8. The lowest BCUT2D eigenvalue weighted by molar-refractivity contribution is -0.140. The zero-order chi connectivity index (χ0) is 16.5. The van der Waals surface area contributed by atoms with E-state index in [2.05, 4.69) is 9.97 Å². The summed E-state index contributed by atoms with van der Waals surface area (Å²) in [7, 11) is 2.98. The maximum atomic E-state index is 12.8. The smallest absolute Gasteiger partial charge is 0.427 e. The average molecular weight is 309 g/mol. The van der Waals surface area contributed by atoms with E-state index in [1.807, 2.05) is 13.8 Å². The Hall–Kier alpha value is -2.22. The summed E-state index contributed by atoms with van der Waals surface area (Å²) in [4.78, 5) is 34.0. The third-order valence-corrected chi connectivity index (χ3v) is 3.79. The third-order valence-electron chi connectivity index (χ3n) is 3.79. The highest BCUT2D eigenvalue weighted by atomic mass is 16.5. The molecule has 2 rings (SSSR count). The van der Waals surface area contributed by atoms with Crippen molar-refractivity contribution in [3.05, 3.63) is 12.3 Å². The largest absolute Gasteiger partial charge is 0.481 e. The second-order valence-corrected chi connectivity index (χ2v) is 5.87. The molecule has 1 aromatic heterocycles. The number of carboxylic acids is 1. The molecule has 22 heavy (non-hydrogen) atoms. The van der Waals surface area contributed by atoms with Crippen LogP contribution in [-0.4, -0.2) is 65.3 Å². The number of ether oxygens (including phenoxy) is 1. The molecule has 1 saturated heterocycles. The van der Waals surface area contributed by atoms with Crippen molar-refractivity contribution in [2.75, 3.05) is 27.2 Å². The van der Waals surface area contributed by atoms with E-state index in [-0.39, 0.29) is 28.9 Å².